The molecule has 0 atom stereocenters. The predicted octanol–water partition coefficient (Wildman–Crippen LogP) is 5.41. The first kappa shape index (κ1) is 33.7. The lowest BCUT2D eigenvalue weighted by molar-refractivity contribution is 0.152. The van der Waals surface area contributed by atoms with E-state index in [1.54, 1.807) is 0 Å². The van der Waals surface area contributed by atoms with Crippen LogP contribution in [0.2, 0.25) is 0 Å². The molecule has 238 valence electrons. The molecule has 11 heteroatoms. The highest BCUT2D eigenvalue weighted by atomic mass is 79.9. The van der Waals surface area contributed by atoms with Crippen LogP contribution in [0.4, 0.5) is 0 Å². The Kier molecular flexibility index (Phi) is 13.7. The van der Waals surface area contributed by atoms with E-state index in [4.69, 9.17) is 14.2 Å². The molecule has 3 aliphatic rings. The van der Waals surface area contributed by atoms with Gasteiger partial charge < -0.3 is 30.2 Å². The monoisotopic (exact) mass is 793 g/mol. The zero-order chi connectivity index (χ0) is 30.6. The van der Waals surface area contributed by atoms with Crippen molar-refractivity contribution in [3.63, 3.8) is 0 Å². The van der Waals surface area contributed by atoms with Crippen molar-refractivity contribution in [1.29, 1.82) is 0 Å². The van der Waals surface area contributed by atoms with Gasteiger partial charge in [-0.3, -0.25) is 9.80 Å². The molecule has 3 heterocycles. The molecule has 0 spiro atoms. The number of hydrogen-bond acceptors (Lipinski definition) is 8. The van der Waals surface area contributed by atoms with Gasteiger partial charge in [-0.05, 0) is 54.6 Å². The summed E-state index contributed by atoms with van der Waals surface area (Å²) in [4.78, 5) is 4.86. The molecule has 0 saturated heterocycles. The second-order valence-corrected chi connectivity index (χ2v) is 13.8. The van der Waals surface area contributed by atoms with Crippen LogP contribution in [-0.4, -0.2) is 88.5 Å². The quantitative estimate of drug-likeness (QED) is 0.280. The summed E-state index contributed by atoms with van der Waals surface area (Å²) >= 11 is 10.9. The van der Waals surface area contributed by atoms with Gasteiger partial charge in [-0.15, -0.1) is 0 Å². The molecule has 3 aromatic carbocycles. The van der Waals surface area contributed by atoms with E-state index in [9.17, 15) is 0 Å². The van der Waals surface area contributed by atoms with Crippen LogP contribution >= 0.6 is 47.8 Å². The second-order valence-electron chi connectivity index (χ2n) is 11.0. The molecule has 2 bridgehead atoms. The van der Waals surface area contributed by atoms with Gasteiger partial charge in [0.05, 0.1) is 0 Å². The third-order valence-electron chi connectivity index (χ3n) is 7.82. The van der Waals surface area contributed by atoms with Crippen LogP contribution in [0.3, 0.4) is 0 Å². The Morgan fingerprint density at radius 2 is 0.773 bits per heavy atom. The predicted molar refractivity (Wildman–Crippen MR) is 187 cm³/mol. The fourth-order valence-corrected chi connectivity index (χ4v) is 6.61. The lowest BCUT2D eigenvalue weighted by Gasteiger charge is -2.25. The average molecular weight is 796 g/mol. The lowest BCUT2D eigenvalue weighted by atomic mass is 10.2. The molecule has 0 aliphatic carbocycles. The number of rotatable bonds is 0. The van der Waals surface area contributed by atoms with Crippen LogP contribution in [0.15, 0.2) is 68.0 Å². The molecular formula is C33H42Br3N5O3. The summed E-state index contributed by atoms with van der Waals surface area (Å²) in [5.74, 6) is 2.75. The number of ether oxygens (including phenoxy) is 3. The molecule has 44 heavy (non-hydrogen) atoms. The first-order valence-electron chi connectivity index (χ1n) is 15.3. The molecule has 3 aromatic rings. The minimum Gasteiger partial charge on any atom is -0.492 e. The molecule has 0 saturated carbocycles. The van der Waals surface area contributed by atoms with Crippen LogP contribution in [0.1, 0.15) is 16.7 Å². The van der Waals surface area contributed by atoms with Crippen molar-refractivity contribution in [2.75, 3.05) is 78.7 Å². The van der Waals surface area contributed by atoms with E-state index in [-0.39, 0.29) is 0 Å². The number of nitrogens with zero attached hydrogens (tertiary/aromatic N) is 2. The fraction of sp³-hybridized carbons (Fsp3) is 0.455. The van der Waals surface area contributed by atoms with Gasteiger partial charge in [-0.1, -0.05) is 47.8 Å². The van der Waals surface area contributed by atoms with E-state index in [1.165, 1.54) is 0 Å². The van der Waals surface area contributed by atoms with Crippen LogP contribution in [0.25, 0.3) is 0 Å². The molecule has 0 fully saturated rings. The van der Waals surface area contributed by atoms with E-state index in [0.29, 0.717) is 19.8 Å². The number of nitrogens with one attached hydrogen (secondary N) is 3. The summed E-state index contributed by atoms with van der Waals surface area (Å²) in [6, 6.07) is 18.8. The summed E-state index contributed by atoms with van der Waals surface area (Å²) in [6.07, 6.45) is 0. The molecule has 0 unspecified atom stereocenters. The van der Waals surface area contributed by atoms with Gasteiger partial charge in [0.2, 0.25) is 0 Å². The van der Waals surface area contributed by atoms with E-state index in [1.807, 2.05) is 18.2 Å². The van der Waals surface area contributed by atoms with E-state index >= 15 is 0 Å². The van der Waals surface area contributed by atoms with Crippen molar-refractivity contribution in [1.82, 2.24) is 25.8 Å². The van der Waals surface area contributed by atoms with Gasteiger partial charge in [-0.25, -0.2) is 0 Å². The summed E-state index contributed by atoms with van der Waals surface area (Å²) in [5.41, 5.74) is 3.46. The Hall–Kier alpha value is -1.70. The molecule has 8 nitrogen and oxygen atoms in total. The minimum absolute atomic E-state index is 0.573. The highest BCUT2D eigenvalue weighted by molar-refractivity contribution is 9.11. The topological polar surface area (TPSA) is 70.3 Å². The molecule has 3 N–H and O–H groups in total. The van der Waals surface area contributed by atoms with Crippen LogP contribution in [0, 0.1) is 0 Å². The third kappa shape index (κ3) is 10.7. The first-order valence-corrected chi connectivity index (χ1v) is 17.7. The number of halogens is 3. The maximum atomic E-state index is 6.37. The van der Waals surface area contributed by atoms with Crippen molar-refractivity contribution in [3.05, 3.63) is 84.7 Å². The Labute approximate surface area is 286 Å². The average Bonchev–Trinajstić information content (AvgIpc) is 3.00. The number of benzene rings is 3. The fourth-order valence-electron chi connectivity index (χ4n) is 5.39. The molecule has 6 rings (SSSR count). The number of fused-ring (bicyclic) bond motifs is 15. The zero-order valence-corrected chi connectivity index (χ0v) is 29.8. The first-order chi connectivity index (χ1) is 21.5. The Bertz CT molecular complexity index is 1190. The smallest absolute Gasteiger partial charge is 0.123 e. The highest BCUT2D eigenvalue weighted by Gasteiger charge is 2.14. The van der Waals surface area contributed by atoms with E-state index < -0.39 is 0 Å². The summed E-state index contributed by atoms with van der Waals surface area (Å²) < 4.78 is 22.3. The normalized spacial score (nSPS) is 21.3. The molecule has 0 aromatic heterocycles. The van der Waals surface area contributed by atoms with Crippen LogP contribution < -0.4 is 30.2 Å². The zero-order valence-electron chi connectivity index (χ0n) is 25.1. The van der Waals surface area contributed by atoms with Gasteiger partial charge in [0, 0.05) is 109 Å². The third-order valence-corrected chi connectivity index (χ3v) is 9.30. The number of hydrogen-bond donors (Lipinski definition) is 3. The largest absolute Gasteiger partial charge is 0.492 e. The van der Waals surface area contributed by atoms with Gasteiger partial charge in [0.1, 0.15) is 37.1 Å². The van der Waals surface area contributed by atoms with Crippen molar-refractivity contribution < 1.29 is 14.2 Å². The van der Waals surface area contributed by atoms with Crippen molar-refractivity contribution >= 4 is 47.8 Å². The van der Waals surface area contributed by atoms with Gasteiger partial charge in [0.15, 0.2) is 0 Å². The summed E-state index contributed by atoms with van der Waals surface area (Å²) in [5, 5.41) is 11.0. The van der Waals surface area contributed by atoms with Crippen molar-refractivity contribution in [2.24, 2.45) is 0 Å². The van der Waals surface area contributed by atoms with Crippen molar-refractivity contribution in [3.8, 4) is 17.2 Å². The maximum absolute atomic E-state index is 6.37. The lowest BCUT2D eigenvalue weighted by Crippen LogP contribution is -2.40. The molecule has 0 radical (unpaired) electrons. The molecule has 3 aliphatic heterocycles. The Morgan fingerprint density at radius 1 is 0.455 bits per heavy atom. The van der Waals surface area contributed by atoms with Crippen LogP contribution in [-0.2, 0) is 19.6 Å². The standard InChI is InChI=1S/C33H42Br3N5O3/c34-28-1-4-31-25(19-28)22-37-7-10-40-11-8-38-23-26-20-29(35)2-5-32(26)43-17-14-41(13-16-42-31)15-18-44-33-6-3-30(36)21-27(33)24-39-9-12-40/h1-6,19-21,37-39H,7-18,22-24H2. The summed E-state index contributed by atoms with van der Waals surface area (Å²) in [7, 11) is 0. The van der Waals surface area contributed by atoms with Gasteiger partial charge >= 0.3 is 0 Å². The van der Waals surface area contributed by atoms with Gasteiger partial charge in [0.25, 0.3) is 0 Å². The SMILES string of the molecule is Brc1ccc2c(c1)CNCCN1CCNCc3cc(Br)ccc3OCCN(CCO2)CCOc2ccc(Br)cc2CNCC1. The van der Waals surface area contributed by atoms with E-state index in [0.717, 1.165) is 126 Å². The van der Waals surface area contributed by atoms with Crippen molar-refractivity contribution in [2.45, 2.75) is 19.6 Å². The minimum atomic E-state index is 0.573. The second kappa shape index (κ2) is 17.9. The van der Waals surface area contributed by atoms with E-state index in [2.05, 4.69) is 110 Å². The van der Waals surface area contributed by atoms with Crippen LogP contribution in [0.5, 0.6) is 17.2 Å². The van der Waals surface area contributed by atoms with Gasteiger partial charge in [-0.2, -0.15) is 0 Å². The molecular weight excluding hydrogens is 754 g/mol. The molecule has 0 amide bonds. The Balaban J connectivity index is 1.40. The Morgan fingerprint density at radius 3 is 1.11 bits per heavy atom. The highest BCUT2D eigenvalue weighted by Crippen LogP contribution is 2.26. The summed E-state index contributed by atoms with van der Waals surface area (Å²) in [6.45, 7) is 11.7. The maximum Gasteiger partial charge on any atom is 0.123 e.